The zero-order valence-electron chi connectivity index (χ0n) is 13.4. The van der Waals surface area contributed by atoms with Gasteiger partial charge >= 0.3 is 0 Å². The number of rotatable bonds is 7. The second-order valence-corrected chi connectivity index (χ2v) is 7.78. The lowest BCUT2D eigenvalue weighted by molar-refractivity contribution is 0.266. The molecule has 0 fully saturated rings. The summed E-state index contributed by atoms with van der Waals surface area (Å²) in [5, 5.41) is 12.6. The van der Waals surface area contributed by atoms with E-state index >= 15 is 0 Å². The second-order valence-electron chi connectivity index (χ2n) is 5.77. The third-order valence-corrected chi connectivity index (χ3v) is 4.88. The van der Waals surface area contributed by atoms with Gasteiger partial charge in [-0.25, -0.2) is 8.42 Å². The summed E-state index contributed by atoms with van der Waals surface area (Å²) < 4.78 is 23.6. The Morgan fingerprint density at radius 3 is 2.30 bits per heavy atom. The molecule has 0 aliphatic rings. The fourth-order valence-corrected chi connectivity index (χ4v) is 3.19. The van der Waals surface area contributed by atoms with Gasteiger partial charge in [-0.15, -0.1) is 0 Å². The predicted molar refractivity (Wildman–Crippen MR) is 92.1 cm³/mol. The first kappa shape index (κ1) is 17.7. The van der Waals surface area contributed by atoms with Crippen molar-refractivity contribution in [3.63, 3.8) is 0 Å². The van der Waals surface area contributed by atoms with Gasteiger partial charge in [0.05, 0.1) is 10.9 Å². The van der Waals surface area contributed by atoms with Gasteiger partial charge in [0, 0.05) is 18.9 Å². The van der Waals surface area contributed by atoms with Crippen molar-refractivity contribution in [2.45, 2.75) is 30.3 Å². The first-order valence-electron chi connectivity index (χ1n) is 7.63. The van der Waals surface area contributed by atoms with Crippen LogP contribution in [0, 0.1) is 0 Å². The van der Waals surface area contributed by atoms with Crippen LogP contribution in [0.4, 0.5) is 0 Å². The molecule has 0 aliphatic carbocycles. The largest absolute Gasteiger partial charge is 0.396 e. The maximum Gasteiger partial charge on any atom is 0.175 e. The van der Waals surface area contributed by atoms with Crippen LogP contribution in [0.2, 0.25) is 0 Å². The van der Waals surface area contributed by atoms with Crippen molar-refractivity contribution in [2.24, 2.45) is 0 Å². The van der Waals surface area contributed by atoms with Crippen molar-refractivity contribution in [3.8, 4) is 0 Å². The summed E-state index contributed by atoms with van der Waals surface area (Å²) in [4.78, 5) is 0.313. The van der Waals surface area contributed by atoms with Crippen LogP contribution in [-0.4, -0.2) is 32.4 Å². The Morgan fingerprint density at radius 2 is 1.70 bits per heavy atom. The van der Waals surface area contributed by atoms with Crippen LogP contribution < -0.4 is 5.32 Å². The number of aliphatic hydroxyl groups is 1. The molecule has 0 aromatic heterocycles. The van der Waals surface area contributed by atoms with E-state index < -0.39 is 9.84 Å². The highest BCUT2D eigenvalue weighted by Crippen LogP contribution is 2.25. The van der Waals surface area contributed by atoms with Crippen molar-refractivity contribution >= 4 is 9.84 Å². The molecule has 5 heteroatoms. The molecular weight excluding hydrogens is 310 g/mol. The number of nitrogens with one attached hydrogen (secondary N) is 1. The first-order valence-corrected chi connectivity index (χ1v) is 9.53. The summed E-state index contributed by atoms with van der Waals surface area (Å²) in [6.07, 6.45) is 1.85. The van der Waals surface area contributed by atoms with Crippen molar-refractivity contribution < 1.29 is 13.5 Å². The molecular formula is C18H23NO3S. The van der Waals surface area contributed by atoms with Gasteiger partial charge in [-0.3, -0.25) is 0 Å². The smallest absolute Gasteiger partial charge is 0.175 e. The molecule has 0 heterocycles. The number of aliphatic hydroxyl groups excluding tert-OH is 1. The molecule has 0 radical (unpaired) electrons. The SMILES string of the molecule is CC(CCO)NC(c1ccccc1)c1cccc(S(C)(=O)=O)c1. The standard InChI is InChI=1S/C18H23NO3S/c1-14(11-12-20)19-18(15-7-4-3-5-8-15)16-9-6-10-17(13-16)23(2,21)22/h3-10,13-14,18-20H,11-12H2,1-2H3. The maximum absolute atomic E-state index is 11.8. The Morgan fingerprint density at radius 1 is 1.04 bits per heavy atom. The predicted octanol–water partition coefficient (Wildman–Crippen LogP) is 2.54. The Labute approximate surface area is 138 Å². The van der Waals surface area contributed by atoms with Gasteiger partial charge < -0.3 is 10.4 Å². The lowest BCUT2D eigenvalue weighted by Gasteiger charge is -2.24. The van der Waals surface area contributed by atoms with Gasteiger partial charge in [-0.2, -0.15) is 0 Å². The van der Waals surface area contributed by atoms with Crippen LogP contribution in [0.25, 0.3) is 0 Å². The molecule has 2 N–H and O–H groups in total. The van der Waals surface area contributed by atoms with Crippen molar-refractivity contribution in [2.75, 3.05) is 12.9 Å². The van der Waals surface area contributed by atoms with E-state index in [-0.39, 0.29) is 18.7 Å². The van der Waals surface area contributed by atoms with E-state index in [1.165, 1.54) is 6.26 Å². The third-order valence-electron chi connectivity index (χ3n) is 3.77. The highest BCUT2D eigenvalue weighted by molar-refractivity contribution is 7.90. The van der Waals surface area contributed by atoms with E-state index in [1.54, 1.807) is 18.2 Å². The molecule has 0 spiro atoms. The van der Waals surface area contributed by atoms with Gasteiger partial charge in [-0.1, -0.05) is 42.5 Å². The third kappa shape index (κ3) is 4.89. The van der Waals surface area contributed by atoms with E-state index in [0.29, 0.717) is 11.3 Å². The fourth-order valence-electron chi connectivity index (χ4n) is 2.52. The molecule has 2 aromatic carbocycles. The van der Waals surface area contributed by atoms with Crippen molar-refractivity contribution in [1.82, 2.24) is 5.32 Å². The van der Waals surface area contributed by atoms with Gasteiger partial charge in [0.2, 0.25) is 0 Å². The summed E-state index contributed by atoms with van der Waals surface area (Å²) in [6.45, 7) is 2.12. The minimum Gasteiger partial charge on any atom is -0.396 e. The molecule has 0 amide bonds. The highest BCUT2D eigenvalue weighted by atomic mass is 32.2. The second kappa shape index (κ2) is 7.73. The molecule has 2 aromatic rings. The molecule has 2 atom stereocenters. The molecule has 4 nitrogen and oxygen atoms in total. The van der Waals surface area contributed by atoms with E-state index in [4.69, 9.17) is 5.11 Å². The fraction of sp³-hybridized carbons (Fsp3) is 0.333. The number of benzene rings is 2. The minimum absolute atomic E-state index is 0.104. The number of hydrogen-bond acceptors (Lipinski definition) is 4. The monoisotopic (exact) mass is 333 g/mol. The topological polar surface area (TPSA) is 66.4 Å². The molecule has 0 saturated heterocycles. The van der Waals surface area contributed by atoms with Crippen LogP contribution in [0.1, 0.15) is 30.5 Å². The Balaban J connectivity index is 2.41. The Hall–Kier alpha value is -1.69. The normalized spacial score (nSPS) is 14.4. The van der Waals surface area contributed by atoms with Crippen LogP contribution in [-0.2, 0) is 9.84 Å². The molecule has 0 aliphatic heterocycles. The number of sulfone groups is 1. The van der Waals surface area contributed by atoms with Crippen LogP contribution in [0.15, 0.2) is 59.5 Å². The van der Waals surface area contributed by atoms with Crippen molar-refractivity contribution in [1.29, 1.82) is 0 Å². The van der Waals surface area contributed by atoms with Gasteiger partial charge in [0.1, 0.15) is 0 Å². The highest BCUT2D eigenvalue weighted by Gasteiger charge is 2.18. The van der Waals surface area contributed by atoms with Crippen LogP contribution in [0.5, 0.6) is 0 Å². The molecule has 2 unspecified atom stereocenters. The minimum atomic E-state index is -3.25. The van der Waals surface area contributed by atoms with E-state index in [9.17, 15) is 8.42 Å². The summed E-state index contributed by atoms with van der Waals surface area (Å²) >= 11 is 0. The first-order chi connectivity index (χ1) is 10.9. The van der Waals surface area contributed by atoms with Crippen LogP contribution in [0.3, 0.4) is 0 Å². The Bertz CT molecular complexity index is 729. The summed E-state index contributed by atoms with van der Waals surface area (Å²) in [7, 11) is -3.25. The zero-order valence-corrected chi connectivity index (χ0v) is 14.3. The molecule has 0 saturated carbocycles. The molecule has 124 valence electrons. The van der Waals surface area contributed by atoms with E-state index in [1.807, 2.05) is 43.3 Å². The summed E-state index contributed by atoms with van der Waals surface area (Å²) in [5.74, 6) is 0. The van der Waals surface area contributed by atoms with Gasteiger partial charge in [0.15, 0.2) is 9.84 Å². The summed E-state index contributed by atoms with van der Waals surface area (Å²) in [5.41, 5.74) is 1.95. The van der Waals surface area contributed by atoms with Gasteiger partial charge in [0.25, 0.3) is 0 Å². The van der Waals surface area contributed by atoms with Gasteiger partial charge in [-0.05, 0) is 36.6 Å². The molecule has 0 bridgehead atoms. The zero-order chi connectivity index (χ0) is 16.9. The quantitative estimate of drug-likeness (QED) is 0.817. The van der Waals surface area contributed by atoms with Crippen LogP contribution >= 0.6 is 0 Å². The van der Waals surface area contributed by atoms with E-state index in [2.05, 4.69) is 5.32 Å². The molecule has 2 rings (SSSR count). The lowest BCUT2D eigenvalue weighted by Crippen LogP contribution is -2.32. The average Bonchev–Trinajstić information content (AvgIpc) is 2.53. The maximum atomic E-state index is 11.8. The Kier molecular flexibility index (Phi) is 5.93. The average molecular weight is 333 g/mol. The number of hydrogen-bond donors (Lipinski definition) is 2. The summed E-state index contributed by atoms with van der Waals surface area (Å²) in [6, 6.07) is 16.9. The lowest BCUT2D eigenvalue weighted by atomic mass is 9.97. The van der Waals surface area contributed by atoms with E-state index in [0.717, 1.165) is 11.1 Å². The van der Waals surface area contributed by atoms with Crippen molar-refractivity contribution in [3.05, 3.63) is 65.7 Å². The molecule has 23 heavy (non-hydrogen) atoms.